The molecular weight excluding hydrogens is 308 g/mol. The van der Waals surface area contributed by atoms with E-state index in [9.17, 15) is 13.2 Å². The summed E-state index contributed by atoms with van der Waals surface area (Å²) < 4.78 is 22.6. The van der Waals surface area contributed by atoms with Crippen molar-refractivity contribution in [2.75, 3.05) is 0 Å². The van der Waals surface area contributed by atoms with Gasteiger partial charge in [0.2, 0.25) is 0 Å². The van der Waals surface area contributed by atoms with Gasteiger partial charge in [0, 0.05) is 15.2 Å². The van der Waals surface area contributed by atoms with Gasteiger partial charge in [0.1, 0.15) is 0 Å². The maximum absolute atomic E-state index is 11.1. The third kappa shape index (κ3) is 1.95. The van der Waals surface area contributed by atoms with Gasteiger partial charge in [0.15, 0.2) is 0 Å². The lowest BCUT2D eigenvalue weighted by Gasteiger charge is -1.99. The van der Waals surface area contributed by atoms with Gasteiger partial charge in [0.25, 0.3) is 9.05 Å². The zero-order chi connectivity index (χ0) is 11.2. The molecule has 15 heavy (non-hydrogen) atoms. The Morgan fingerprint density at radius 2 is 1.73 bits per heavy atom. The van der Waals surface area contributed by atoms with Crippen molar-refractivity contribution in [1.82, 2.24) is 9.97 Å². The number of nitrogens with one attached hydrogen (secondary N) is 2. The summed E-state index contributed by atoms with van der Waals surface area (Å²) in [5.74, 6) is 0. The van der Waals surface area contributed by atoms with Crippen LogP contribution in [-0.2, 0) is 9.05 Å². The Labute approximate surface area is 97.0 Å². The second kappa shape index (κ2) is 3.36. The van der Waals surface area contributed by atoms with E-state index in [2.05, 4.69) is 25.9 Å². The van der Waals surface area contributed by atoms with E-state index in [0.29, 0.717) is 15.5 Å². The smallest absolute Gasteiger partial charge is 0.306 e. The minimum atomic E-state index is -3.83. The van der Waals surface area contributed by atoms with Gasteiger partial charge in [-0.05, 0) is 28.1 Å². The fraction of sp³-hybridized carbons (Fsp3) is 0. The van der Waals surface area contributed by atoms with Crippen LogP contribution in [0.15, 0.2) is 26.3 Å². The van der Waals surface area contributed by atoms with Crippen molar-refractivity contribution in [3.63, 3.8) is 0 Å². The predicted molar refractivity (Wildman–Crippen MR) is 59.7 cm³/mol. The lowest BCUT2D eigenvalue weighted by molar-refractivity contribution is 0.609. The molecule has 5 nitrogen and oxygen atoms in total. The van der Waals surface area contributed by atoms with E-state index in [1.54, 1.807) is 0 Å². The maximum Gasteiger partial charge on any atom is 0.323 e. The number of benzene rings is 1. The molecule has 0 spiro atoms. The number of rotatable bonds is 1. The first-order chi connectivity index (χ1) is 6.88. The second-order valence-corrected chi connectivity index (χ2v) is 6.23. The Balaban J connectivity index is 2.89. The summed E-state index contributed by atoms with van der Waals surface area (Å²) in [6.07, 6.45) is 0. The van der Waals surface area contributed by atoms with Crippen LogP contribution in [-0.4, -0.2) is 18.4 Å². The number of hydrogen-bond acceptors (Lipinski definition) is 3. The summed E-state index contributed by atoms with van der Waals surface area (Å²) in [5.41, 5.74) is 0.499. The Bertz CT molecular complexity index is 688. The van der Waals surface area contributed by atoms with E-state index in [1.807, 2.05) is 0 Å². The van der Waals surface area contributed by atoms with Gasteiger partial charge in [0.05, 0.1) is 15.9 Å². The molecule has 0 saturated carbocycles. The van der Waals surface area contributed by atoms with Gasteiger partial charge in [-0.15, -0.1) is 0 Å². The van der Waals surface area contributed by atoms with Gasteiger partial charge < -0.3 is 9.97 Å². The number of fused-ring (bicyclic) bond motifs is 1. The molecule has 2 rings (SSSR count). The van der Waals surface area contributed by atoms with E-state index >= 15 is 0 Å². The Hall–Kier alpha value is -0.790. The molecular formula is C7H4BrClN2O3S. The summed E-state index contributed by atoms with van der Waals surface area (Å²) in [7, 11) is 1.38. The van der Waals surface area contributed by atoms with Crippen molar-refractivity contribution in [2.45, 2.75) is 4.90 Å². The van der Waals surface area contributed by atoms with Gasteiger partial charge in [-0.25, -0.2) is 13.2 Å². The average Bonchev–Trinajstić information content (AvgIpc) is 2.40. The van der Waals surface area contributed by atoms with Gasteiger partial charge >= 0.3 is 5.69 Å². The second-order valence-electron chi connectivity index (χ2n) is 2.85. The summed E-state index contributed by atoms with van der Waals surface area (Å²) in [5, 5.41) is 0. The van der Waals surface area contributed by atoms with Crippen molar-refractivity contribution < 1.29 is 8.42 Å². The van der Waals surface area contributed by atoms with Crippen molar-refractivity contribution in [1.29, 1.82) is 0 Å². The van der Waals surface area contributed by atoms with E-state index in [0.717, 1.165) is 0 Å². The van der Waals surface area contributed by atoms with Crippen LogP contribution in [0, 0.1) is 0 Å². The standard InChI is InChI=1S/C7H4BrClN2O3S/c8-3-1-4-5(11-7(12)10-4)2-6(3)15(9,13)14/h1-2H,(H2,10,11,12). The molecule has 0 amide bonds. The van der Waals surface area contributed by atoms with Crippen LogP contribution >= 0.6 is 26.6 Å². The number of hydrogen-bond donors (Lipinski definition) is 2. The monoisotopic (exact) mass is 310 g/mol. The zero-order valence-corrected chi connectivity index (χ0v) is 10.2. The van der Waals surface area contributed by atoms with Crippen LogP contribution in [0.1, 0.15) is 0 Å². The Morgan fingerprint density at radius 3 is 2.27 bits per heavy atom. The van der Waals surface area contributed by atoms with Crippen LogP contribution in [0.5, 0.6) is 0 Å². The first-order valence-electron chi connectivity index (χ1n) is 3.74. The molecule has 0 bridgehead atoms. The number of aromatic amines is 2. The Morgan fingerprint density at radius 1 is 1.20 bits per heavy atom. The van der Waals surface area contributed by atoms with Crippen LogP contribution in [0.2, 0.25) is 0 Å². The van der Waals surface area contributed by atoms with E-state index < -0.39 is 14.7 Å². The highest BCUT2D eigenvalue weighted by Gasteiger charge is 2.16. The van der Waals surface area contributed by atoms with Crippen LogP contribution in [0.3, 0.4) is 0 Å². The van der Waals surface area contributed by atoms with E-state index in [-0.39, 0.29) is 4.90 Å². The summed E-state index contributed by atoms with van der Waals surface area (Å²) in [6, 6.07) is 2.77. The van der Waals surface area contributed by atoms with Crippen molar-refractivity contribution in [3.8, 4) is 0 Å². The molecule has 0 radical (unpaired) electrons. The topological polar surface area (TPSA) is 82.8 Å². The van der Waals surface area contributed by atoms with Crippen molar-refractivity contribution in [2.24, 2.45) is 0 Å². The molecule has 0 aliphatic carbocycles. The van der Waals surface area contributed by atoms with Crippen LogP contribution in [0.4, 0.5) is 0 Å². The van der Waals surface area contributed by atoms with Gasteiger partial charge in [-0.2, -0.15) is 0 Å². The third-order valence-corrected chi connectivity index (χ3v) is 4.11. The molecule has 2 N–H and O–H groups in total. The number of halogens is 2. The molecule has 8 heteroatoms. The molecule has 1 aromatic heterocycles. The fourth-order valence-electron chi connectivity index (χ4n) is 1.22. The van der Waals surface area contributed by atoms with Crippen LogP contribution in [0.25, 0.3) is 11.0 Å². The first kappa shape index (κ1) is 10.7. The largest absolute Gasteiger partial charge is 0.323 e. The highest BCUT2D eigenvalue weighted by Crippen LogP contribution is 2.28. The highest BCUT2D eigenvalue weighted by atomic mass is 79.9. The third-order valence-electron chi connectivity index (χ3n) is 1.83. The quantitative estimate of drug-likeness (QED) is 0.784. The molecule has 0 aliphatic heterocycles. The molecule has 1 aromatic carbocycles. The number of aromatic nitrogens is 2. The lowest BCUT2D eigenvalue weighted by atomic mass is 10.3. The summed E-state index contributed by atoms with van der Waals surface area (Å²) in [4.78, 5) is 15.8. The first-order valence-corrected chi connectivity index (χ1v) is 6.84. The normalized spacial score (nSPS) is 12.1. The van der Waals surface area contributed by atoms with Gasteiger partial charge in [-0.3, -0.25) is 0 Å². The molecule has 0 atom stereocenters. The SMILES string of the molecule is O=c1[nH]c2cc(Br)c(S(=O)(=O)Cl)cc2[nH]1. The molecule has 0 saturated heterocycles. The number of H-pyrrole nitrogens is 2. The summed E-state index contributed by atoms with van der Waals surface area (Å²) in [6.45, 7) is 0. The van der Waals surface area contributed by atoms with E-state index in [1.165, 1.54) is 12.1 Å². The van der Waals surface area contributed by atoms with E-state index in [4.69, 9.17) is 10.7 Å². The number of imidazole rings is 1. The minimum Gasteiger partial charge on any atom is -0.306 e. The zero-order valence-electron chi connectivity index (χ0n) is 7.04. The molecule has 0 unspecified atom stereocenters. The molecule has 0 aliphatic rings. The van der Waals surface area contributed by atoms with Crippen molar-refractivity contribution >= 4 is 46.7 Å². The lowest BCUT2D eigenvalue weighted by Crippen LogP contribution is -1.99. The molecule has 2 aromatic rings. The maximum atomic E-state index is 11.1. The summed E-state index contributed by atoms with van der Waals surface area (Å²) >= 11 is 3.06. The minimum absolute atomic E-state index is 0.0769. The Kier molecular flexibility index (Phi) is 2.40. The predicted octanol–water partition coefficient (Wildman–Crippen LogP) is 1.55. The van der Waals surface area contributed by atoms with Crippen LogP contribution < -0.4 is 5.69 Å². The molecule has 1 heterocycles. The highest BCUT2D eigenvalue weighted by molar-refractivity contribution is 9.10. The van der Waals surface area contributed by atoms with Gasteiger partial charge in [-0.1, -0.05) is 0 Å². The average molecular weight is 312 g/mol. The molecule has 80 valence electrons. The van der Waals surface area contributed by atoms with Crippen molar-refractivity contribution in [3.05, 3.63) is 27.1 Å². The fourth-order valence-corrected chi connectivity index (χ4v) is 3.42. The molecule has 0 fully saturated rings.